The molecule has 1 heterocycles. The van der Waals surface area contributed by atoms with E-state index >= 15 is 0 Å². The fourth-order valence-electron chi connectivity index (χ4n) is 2.23. The summed E-state index contributed by atoms with van der Waals surface area (Å²) >= 11 is 0. The summed E-state index contributed by atoms with van der Waals surface area (Å²) in [7, 11) is 4.16. The normalized spacial score (nSPS) is 16.0. The van der Waals surface area contributed by atoms with Crippen LogP contribution in [0.4, 0.5) is 0 Å². The van der Waals surface area contributed by atoms with Crippen LogP contribution < -0.4 is 5.32 Å². The predicted molar refractivity (Wildman–Crippen MR) is 98.4 cm³/mol. The molecule has 0 aliphatic carbocycles. The number of nitrogens with zero attached hydrogens (tertiary/aromatic N) is 4. The van der Waals surface area contributed by atoms with Crippen molar-refractivity contribution in [3.05, 3.63) is 0 Å². The van der Waals surface area contributed by atoms with Gasteiger partial charge in [0, 0.05) is 46.2 Å². The Labute approximate surface area is 146 Å². The molecule has 1 fully saturated rings. The minimum Gasteiger partial charge on any atom is -0.357 e. The second-order valence-corrected chi connectivity index (χ2v) is 5.39. The van der Waals surface area contributed by atoms with Gasteiger partial charge in [-0.2, -0.15) is 0 Å². The fraction of sp³-hybridized carbons (Fsp3) is 0.857. The quantitative estimate of drug-likeness (QED) is 0.313. The Bertz CT molecular complexity index is 327. The number of piperazine rings is 1. The molecule has 0 aromatic carbocycles. The van der Waals surface area contributed by atoms with Gasteiger partial charge in [0.05, 0.1) is 0 Å². The Kier molecular flexibility index (Phi) is 10.8. The van der Waals surface area contributed by atoms with Crippen molar-refractivity contribution in [2.45, 2.75) is 20.3 Å². The zero-order valence-corrected chi connectivity index (χ0v) is 16.1. The van der Waals surface area contributed by atoms with E-state index in [0.29, 0.717) is 0 Å². The maximum Gasteiger partial charge on any atom is 0.219 e. The molecule has 1 rings (SSSR count). The zero-order chi connectivity index (χ0) is 15.0. The van der Waals surface area contributed by atoms with E-state index in [1.807, 2.05) is 4.90 Å². The highest BCUT2D eigenvalue weighted by atomic mass is 127. The van der Waals surface area contributed by atoms with Gasteiger partial charge in [0.1, 0.15) is 0 Å². The third kappa shape index (κ3) is 7.85. The van der Waals surface area contributed by atoms with Crippen molar-refractivity contribution in [3.8, 4) is 0 Å². The highest BCUT2D eigenvalue weighted by molar-refractivity contribution is 14.0. The van der Waals surface area contributed by atoms with Crippen molar-refractivity contribution >= 4 is 35.8 Å². The molecular weight excluding hydrogens is 381 g/mol. The number of carbonyl (C=O) groups excluding carboxylic acids is 1. The van der Waals surface area contributed by atoms with Crippen LogP contribution in [0.25, 0.3) is 0 Å². The lowest BCUT2D eigenvalue weighted by Crippen LogP contribution is -2.53. The van der Waals surface area contributed by atoms with Gasteiger partial charge in [0.15, 0.2) is 5.96 Å². The highest BCUT2D eigenvalue weighted by Crippen LogP contribution is 2.03. The Hall–Kier alpha value is -0.570. The van der Waals surface area contributed by atoms with E-state index in [1.165, 1.54) is 0 Å². The van der Waals surface area contributed by atoms with Gasteiger partial charge in [-0.3, -0.25) is 9.79 Å². The summed E-state index contributed by atoms with van der Waals surface area (Å²) in [6.07, 6.45) is 1.06. The third-order valence-electron chi connectivity index (χ3n) is 3.38. The van der Waals surface area contributed by atoms with Gasteiger partial charge in [0.2, 0.25) is 5.91 Å². The average Bonchev–Trinajstić information content (AvgIpc) is 2.42. The minimum absolute atomic E-state index is 0. The van der Waals surface area contributed by atoms with Gasteiger partial charge in [-0.15, -0.1) is 24.0 Å². The summed E-state index contributed by atoms with van der Waals surface area (Å²) < 4.78 is 0. The maximum absolute atomic E-state index is 11.3. The van der Waals surface area contributed by atoms with Gasteiger partial charge in [-0.1, -0.05) is 0 Å². The number of hydrogen-bond acceptors (Lipinski definition) is 3. The van der Waals surface area contributed by atoms with Crippen LogP contribution in [0.5, 0.6) is 0 Å². The molecule has 0 spiro atoms. The first kappa shape index (κ1) is 20.4. The Balaban J connectivity index is 0.00000400. The van der Waals surface area contributed by atoms with Crippen molar-refractivity contribution in [2.75, 3.05) is 59.9 Å². The van der Waals surface area contributed by atoms with Crippen LogP contribution in [0, 0.1) is 0 Å². The summed E-state index contributed by atoms with van der Waals surface area (Å²) in [5.41, 5.74) is 0. The summed E-state index contributed by atoms with van der Waals surface area (Å²) in [6.45, 7) is 9.79. The molecule has 0 radical (unpaired) electrons. The van der Waals surface area contributed by atoms with Gasteiger partial charge in [-0.25, -0.2) is 0 Å². The van der Waals surface area contributed by atoms with Crippen molar-refractivity contribution in [3.63, 3.8) is 0 Å². The van der Waals surface area contributed by atoms with Crippen LogP contribution in [-0.4, -0.2) is 86.5 Å². The molecule has 0 saturated carbocycles. The zero-order valence-electron chi connectivity index (χ0n) is 13.8. The minimum atomic E-state index is 0. The number of nitrogens with one attached hydrogen (secondary N) is 1. The Morgan fingerprint density at radius 2 is 1.76 bits per heavy atom. The average molecular weight is 411 g/mol. The van der Waals surface area contributed by atoms with E-state index in [9.17, 15) is 4.79 Å². The van der Waals surface area contributed by atoms with Gasteiger partial charge < -0.3 is 20.0 Å². The van der Waals surface area contributed by atoms with E-state index in [2.05, 4.69) is 41.1 Å². The summed E-state index contributed by atoms with van der Waals surface area (Å²) in [6, 6.07) is 0. The topological polar surface area (TPSA) is 51.2 Å². The third-order valence-corrected chi connectivity index (χ3v) is 3.38. The number of carbonyl (C=O) groups is 1. The molecule has 124 valence electrons. The van der Waals surface area contributed by atoms with E-state index in [0.717, 1.165) is 58.2 Å². The molecule has 1 aliphatic heterocycles. The van der Waals surface area contributed by atoms with Crippen molar-refractivity contribution in [1.29, 1.82) is 0 Å². The van der Waals surface area contributed by atoms with Gasteiger partial charge in [0.25, 0.3) is 0 Å². The van der Waals surface area contributed by atoms with E-state index < -0.39 is 0 Å². The predicted octanol–water partition coefficient (Wildman–Crippen LogP) is 0.686. The van der Waals surface area contributed by atoms with Crippen LogP contribution in [0.3, 0.4) is 0 Å². The van der Waals surface area contributed by atoms with Crippen molar-refractivity contribution in [1.82, 2.24) is 20.0 Å². The number of aliphatic imine (C=N–C) groups is 1. The molecule has 0 bridgehead atoms. The maximum atomic E-state index is 11.3. The second-order valence-electron chi connectivity index (χ2n) is 5.39. The number of guanidine groups is 1. The monoisotopic (exact) mass is 411 g/mol. The number of hydrogen-bond donors (Lipinski definition) is 1. The lowest BCUT2D eigenvalue weighted by atomic mass is 10.3. The van der Waals surface area contributed by atoms with Crippen LogP contribution in [0.2, 0.25) is 0 Å². The largest absolute Gasteiger partial charge is 0.357 e. The molecule has 6 nitrogen and oxygen atoms in total. The first-order chi connectivity index (χ1) is 9.54. The summed E-state index contributed by atoms with van der Waals surface area (Å²) in [5.74, 6) is 1.15. The molecule has 0 aromatic rings. The molecule has 0 atom stereocenters. The lowest BCUT2D eigenvalue weighted by Gasteiger charge is -2.36. The smallest absolute Gasteiger partial charge is 0.219 e. The lowest BCUT2D eigenvalue weighted by molar-refractivity contribution is -0.130. The first-order valence-electron chi connectivity index (χ1n) is 7.48. The SMILES string of the molecule is CCNC(=NCCCN(C)C)N1CCN(C(C)=O)CC1.I. The molecule has 1 aliphatic rings. The number of rotatable bonds is 5. The van der Waals surface area contributed by atoms with E-state index in [4.69, 9.17) is 0 Å². The van der Waals surface area contributed by atoms with Gasteiger partial charge >= 0.3 is 0 Å². The van der Waals surface area contributed by atoms with E-state index in [1.54, 1.807) is 6.92 Å². The molecule has 7 heteroatoms. The fourth-order valence-corrected chi connectivity index (χ4v) is 2.23. The molecule has 1 N–H and O–H groups in total. The highest BCUT2D eigenvalue weighted by Gasteiger charge is 2.20. The molecule has 0 unspecified atom stereocenters. The number of halogens is 1. The summed E-state index contributed by atoms with van der Waals surface area (Å²) in [4.78, 5) is 22.3. The first-order valence-corrected chi connectivity index (χ1v) is 7.48. The second kappa shape index (κ2) is 11.1. The van der Waals surface area contributed by atoms with Crippen LogP contribution in [0.15, 0.2) is 4.99 Å². The molecular formula is C14H30IN5O. The van der Waals surface area contributed by atoms with Crippen LogP contribution in [0.1, 0.15) is 20.3 Å². The van der Waals surface area contributed by atoms with Crippen molar-refractivity contribution < 1.29 is 4.79 Å². The Morgan fingerprint density at radius 3 is 2.24 bits per heavy atom. The number of amides is 1. The molecule has 1 amide bonds. The molecule has 21 heavy (non-hydrogen) atoms. The molecule has 0 aromatic heterocycles. The van der Waals surface area contributed by atoms with Crippen LogP contribution >= 0.6 is 24.0 Å². The Morgan fingerprint density at radius 1 is 1.19 bits per heavy atom. The van der Waals surface area contributed by atoms with Gasteiger partial charge in [-0.05, 0) is 34.0 Å². The van der Waals surface area contributed by atoms with E-state index in [-0.39, 0.29) is 29.9 Å². The van der Waals surface area contributed by atoms with Crippen LogP contribution in [-0.2, 0) is 4.79 Å². The summed E-state index contributed by atoms with van der Waals surface area (Å²) in [5, 5.41) is 3.34. The standard InChI is InChI=1S/C14H29N5O.HI/c1-5-15-14(16-7-6-8-17(3)4)19-11-9-18(10-12-19)13(2)20;/h5-12H2,1-4H3,(H,15,16);1H. The van der Waals surface area contributed by atoms with Crippen molar-refractivity contribution in [2.24, 2.45) is 4.99 Å². The molecule has 1 saturated heterocycles.